The maximum atomic E-state index is 13.0. The summed E-state index contributed by atoms with van der Waals surface area (Å²) >= 11 is 3.36. The summed E-state index contributed by atoms with van der Waals surface area (Å²) in [7, 11) is 0. The number of piperidine rings is 1. The van der Waals surface area contributed by atoms with Gasteiger partial charge in [0.2, 0.25) is 0 Å². The second-order valence-electron chi connectivity index (χ2n) is 5.26. The van der Waals surface area contributed by atoms with Crippen molar-refractivity contribution in [1.82, 2.24) is 20.4 Å². The molecule has 5 nitrogen and oxygen atoms in total. The van der Waals surface area contributed by atoms with Gasteiger partial charge in [0.05, 0.1) is 10.2 Å². The lowest BCUT2D eigenvalue weighted by Gasteiger charge is -2.23. The molecule has 1 atom stereocenters. The number of halogens is 3. The number of nitrogens with zero attached hydrogens (tertiary/aromatic N) is 2. The highest BCUT2D eigenvalue weighted by Gasteiger charge is 2.20. The fourth-order valence-electron chi connectivity index (χ4n) is 2.46. The molecular weight excluding hydrogens is 387 g/mol. The van der Waals surface area contributed by atoms with Crippen molar-refractivity contribution in [2.75, 3.05) is 13.1 Å². The van der Waals surface area contributed by atoms with Crippen LogP contribution in [-0.2, 0) is 0 Å². The highest BCUT2D eigenvalue weighted by molar-refractivity contribution is 9.10. The van der Waals surface area contributed by atoms with E-state index >= 15 is 0 Å². The van der Waals surface area contributed by atoms with Crippen LogP contribution in [0.5, 0.6) is 0 Å². The minimum atomic E-state index is -0.308. The Balaban J connectivity index is 0.00000192. The van der Waals surface area contributed by atoms with Gasteiger partial charge in [0, 0.05) is 18.8 Å². The number of nitrogens with one attached hydrogen (secondary N) is 2. The van der Waals surface area contributed by atoms with Crippen LogP contribution in [0.4, 0.5) is 4.39 Å². The molecule has 3 rings (SSSR count). The van der Waals surface area contributed by atoms with E-state index in [4.69, 9.17) is 0 Å². The number of carbonyl (C=O) groups excluding carboxylic acids is 1. The molecule has 1 saturated heterocycles. The summed E-state index contributed by atoms with van der Waals surface area (Å²) in [5.74, 6) is -0.515. The molecule has 1 unspecified atom stereocenters. The zero-order valence-corrected chi connectivity index (χ0v) is 14.7. The highest BCUT2D eigenvalue weighted by atomic mass is 79.9. The molecule has 2 heterocycles. The van der Waals surface area contributed by atoms with Crippen molar-refractivity contribution in [3.8, 4) is 5.69 Å². The van der Waals surface area contributed by atoms with Crippen molar-refractivity contribution < 1.29 is 9.18 Å². The lowest BCUT2D eigenvalue weighted by atomic mass is 10.1. The van der Waals surface area contributed by atoms with Gasteiger partial charge in [0.1, 0.15) is 5.82 Å². The third kappa shape index (κ3) is 4.31. The van der Waals surface area contributed by atoms with E-state index in [-0.39, 0.29) is 30.2 Å². The van der Waals surface area contributed by atoms with E-state index in [1.807, 2.05) is 0 Å². The van der Waals surface area contributed by atoms with Crippen molar-refractivity contribution in [3.63, 3.8) is 0 Å². The van der Waals surface area contributed by atoms with Crippen molar-refractivity contribution in [3.05, 3.63) is 46.4 Å². The van der Waals surface area contributed by atoms with E-state index in [9.17, 15) is 9.18 Å². The number of amides is 1. The number of hydrogen-bond acceptors (Lipinski definition) is 3. The monoisotopic (exact) mass is 402 g/mol. The molecule has 1 aromatic heterocycles. The molecule has 0 radical (unpaired) electrons. The van der Waals surface area contributed by atoms with E-state index in [0.29, 0.717) is 15.9 Å². The lowest BCUT2D eigenvalue weighted by Crippen LogP contribution is -2.45. The molecule has 124 valence electrons. The molecule has 1 fully saturated rings. The molecule has 2 aromatic rings. The Bertz CT molecular complexity index is 671. The maximum absolute atomic E-state index is 13.0. The molecule has 1 amide bonds. The van der Waals surface area contributed by atoms with Crippen molar-refractivity contribution in [2.24, 2.45) is 0 Å². The first-order valence-electron chi connectivity index (χ1n) is 7.16. The van der Waals surface area contributed by atoms with E-state index in [2.05, 4.69) is 31.7 Å². The van der Waals surface area contributed by atoms with Crippen LogP contribution in [-0.4, -0.2) is 34.8 Å². The van der Waals surface area contributed by atoms with Crippen LogP contribution in [0, 0.1) is 5.82 Å². The predicted octanol–water partition coefficient (Wildman–Crippen LogP) is 2.68. The molecule has 0 bridgehead atoms. The third-order valence-electron chi connectivity index (χ3n) is 3.61. The Labute approximate surface area is 148 Å². The average molecular weight is 404 g/mol. The number of rotatable bonds is 3. The Hall–Kier alpha value is -1.44. The first-order valence-corrected chi connectivity index (χ1v) is 7.95. The molecule has 1 aliphatic rings. The normalized spacial score (nSPS) is 17.4. The van der Waals surface area contributed by atoms with Crippen molar-refractivity contribution in [2.45, 2.75) is 18.9 Å². The second kappa shape index (κ2) is 7.90. The van der Waals surface area contributed by atoms with Crippen LogP contribution in [0.1, 0.15) is 23.3 Å². The molecule has 0 spiro atoms. The van der Waals surface area contributed by atoms with E-state index < -0.39 is 0 Å². The zero-order valence-electron chi connectivity index (χ0n) is 12.3. The molecule has 0 aliphatic carbocycles. The van der Waals surface area contributed by atoms with Crippen LogP contribution in [0.25, 0.3) is 5.69 Å². The van der Waals surface area contributed by atoms with Gasteiger partial charge in [-0.1, -0.05) is 0 Å². The topological polar surface area (TPSA) is 59.0 Å². The van der Waals surface area contributed by atoms with Gasteiger partial charge in [-0.15, -0.1) is 12.4 Å². The van der Waals surface area contributed by atoms with Gasteiger partial charge in [0.15, 0.2) is 5.69 Å². The smallest absolute Gasteiger partial charge is 0.273 e. The molecular formula is C15H17BrClFN4O. The van der Waals surface area contributed by atoms with Gasteiger partial charge >= 0.3 is 0 Å². The van der Waals surface area contributed by atoms with Gasteiger partial charge in [-0.05, 0) is 59.6 Å². The summed E-state index contributed by atoms with van der Waals surface area (Å²) in [6, 6.07) is 6.07. The first-order chi connectivity index (χ1) is 10.6. The summed E-state index contributed by atoms with van der Waals surface area (Å²) in [5.41, 5.74) is 1.02. The van der Waals surface area contributed by atoms with Crippen LogP contribution in [0.2, 0.25) is 0 Å². The molecule has 0 saturated carbocycles. The predicted molar refractivity (Wildman–Crippen MR) is 91.8 cm³/mol. The summed E-state index contributed by atoms with van der Waals surface area (Å²) in [6.07, 6.45) is 3.71. The lowest BCUT2D eigenvalue weighted by molar-refractivity contribution is 0.0924. The van der Waals surface area contributed by atoms with Gasteiger partial charge in [0.25, 0.3) is 5.91 Å². The molecule has 2 N–H and O–H groups in total. The summed E-state index contributed by atoms with van der Waals surface area (Å²) < 4.78 is 15.1. The van der Waals surface area contributed by atoms with Gasteiger partial charge in [-0.2, -0.15) is 5.10 Å². The van der Waals surface area contributed by atoms with Gasteiger partial charge in [-0.25, -0.2) is 9.07 Å². The molecule has 23 heavy (non-hydrogen) atoms. The van der Waals surface area contributed by atoms with Crippen LogP contribution < -0.4 is 10.6 Å². The molecule has 1 aliphatic heterocycles. The fourth-order valence-corrected chi connectivity index (χ4v) is 2.91. The largest absolute Gasteiger partial charge is 0.347 e. The van der Waals surface area contributed by atoms with Crippen molar-refractivity contribution >= 4 is 34.2 Å². The van der Waals surface area contributed by atoms with E-state index in [0.717, 1.165) is 25.9 Å². The van der Waals surface area contributed by atoms with Gasteiger partial charge in [-0.3, -0.25) is 4.79 Å². The van der Waals surface area contributed by atoms with Crippen molar-refractivity contribution in [1.29, 1.82) is 0 Å². The minimum Gasteiger partial charge on any atom is -0.347 e. The zero-order chi connectivity index (χ0) is 15.5. The van der Waals surface area contributed by atoms with Gasteiger partial charge < -0.3 is 10.6 Å². The number of hydrogen-bond donors (Lipinski definition) is 2. The summed E-state index contributed by atoms with van der Waals surface area (Å²) in [4.78, 5) is 12.3. The average Bonchev–Trinajstić information content (AvgIpc) is 2.91. The first kappa shape index (κ1) is 17.9. The Morgan fingerprint density at radius 3 is 2.78 bits per heavy atom. The molecule has 1 aromatic carbocycles. The summed E-state index contributed by atoms with van der Waals surface area (Å²) in [6.45, 7) is 1.78. The van der Waals surface area contributed by atoms with E-state index in [1.54, 1.807) is 23.0 Å². The Morgan fingerprint density at radius 1 is 1.39 bits per heavy atom. The second-order valence-corrected chi connectivity index (χ2v) is 6.12. The standard InChI is InChI=1S/C15H16BrFN4O.ClH/c16-13-9-21(12-5-3-10(17)4-6-12)20-14(13)15(22)19-11-2-1-7-18-8-11;/h3-6,9,11,18H,1-2,7-8H2,(H,19,22);1H. The maximum Gasteiger partial charge on any atom is 0.273 e. The minimum absolute atomic E-state index is 0. The highest BCUT2D eigenvalue weighted by Crippen LogP contribution is 2.18. The third-order valence-corrected chi connectivity index (χ3v) is 4.19. The fraction of sp³-hybridized carbons (Fsp3) is 0.333. The van der Waals surface area contributed by atoms with Crippen LogP contribution >= 0.6 is 28.3 Å². The number of benzene rings is 1. The summed E-state index contributed by atoms with van der Waals surface area (Å²) in [5, 5.41) is 10.5. The quantitative estimate of drug-likeness (QED) is 0.828. The van der Waals surface area contributed by atoms with E-state index in [1.165, 1.54) is 12.1 Å². The number of aromatic nitrogens is 2. The SMILES string of the molecule is Cl.O=C(NC1CCCNC1)c1nn(-c2ccc(F)cc2)cc1Br. The number of carbonyl (C=O) groups is 1. The Morgan fingerprint density at radius 2 is 2.13 bits per heavy atom. The molecule has 8 heteroatoms. The van der Waals surface area contributed by atoms with Crippen LogP contribution in [0.3, 0.4) is 0 Å². The van der Waals surface area contributed by atoms with Crippen LogP contribution in [0.15, 0.2) is 34.9 Å². The Kier molecular flexibility index (Phi) is 6.15.